The van der Waals surface area contributed by atoms with Crippen molar-refractivity contribution in [1.29, 1.82) is 0 Å². The van der Waals surface area contributed by atoms with Gasteiger partial charge in [-0.1, -0.05) is 28.1 Å². The molecule has 1 atom stereocenters. The van der Waals surface area contributed by atoms with Crippen molar-refractivity contribution >= 4 is 27.5 Å². The number of aliphatic hydroxyl groups excluding tert-OH is 1. The van der Waals surface area contributed by atoms with Crippen LogP contribution in [0.15, 0.2) is 28.7 Å². The van der Waals surface area contributed by atoms with Crippen LogP contribution >= 0.6 is 27.5 Å². The molecule has 0 radical (unpaired) electrons. The third-order valence-corrected chi connectivity index (χ3v) is 3.10. The molecule has 1 rings (SSSR count). The maximum Gasteiger partial charge on any atom is 0.0712 e. The maximum absolute atomic E-state index is 8.77. The maximum atomic E-state index is 8.77. The van der Waals surface area contributed by atoms with Crippen molar-refractivity contribution in [2.75, 3.05) is 26.7 Å². The summed E-state index contributed by atoms with van der Waals surface area (Å²) in [5.41, 5.74) is 1.10. The fourth-order valence-electron chi connectivity index (χ4n) is 1.31. The number of alkyl halides is 1. The quantitative estimate of drug-likeness (QED) is 0.844. The summed E-state index contributed by atoms with van der Waals surface area (Å²) in [6.45, 7) is 1.56. The van der Waals surface area contributed by atoms with Crippen molar-refractivity contribution in [2.45, 2.75) is 5.38 Å². The van der Waals surface area contributed by atoms with Crippen LogP contribution in [-0.2, 0) is 0 Å². The minimum atomic E-state index is -0.0327. The van der Waals surface area contributed by atoms with Gasteiger partial charge < -0.3 is 10.0 Å². The van der Waals surface area contributed by atoms with E-state index in [4.69, 9.17) is 16.7 Å². The van der Waals surface area contributed by atoms with Gasteiger partial charge in [0.2, 0.25) is 0 Å². The standard InChI is InChI=1S/C11H15BrClNO/c1-14(6-7-15)8-11(13)9-2-4-10(12)5-3-9/h2-5,11,15H,6-8H2,1H3. The van der Waals surface area contributed by atoms with Crippen LogP contribution in [0.4, 0.5) is 0 Å². The second-order valence-corrected chi connectivity index (χ2v) is 4.95. The molecular weight excluding hydrogens is 277 g/mol. The summed E-state index contributed by atoms with van der Waals surface area (Å²) in [5, 5.41) is 8.73. The van der Waals surface area contributed by atoms with Gasteiger partial charge in [0.1, 0.15) is 0 Å². The molecule has 0 aromatic heterocycles. The number of aliphatic hydroxyl groups is 1. The smallest absolute Gasteiger partial charge is 0.0712 e. The molecule has 1 unspecified atom stereocenters. The number of rotatable bonds is 5. The number of hydrogen-bond acceptors (Lipinski definition) is 2. The third kappa shape index (κ3) is 4.51. The Kier molecular flexibility index (Phi) is 5.61. The van der Waals surface area contributed by atoms with E-state index >= 15 is 0 Å². The van der Waals surface area contributed by atoms with E-state index in [0.717, 1.165) is 16.6 Å². The SMILES string of the molecule is CN(CCO)CC(Cl)c1ccc(Br)cc1. The highest BCUT2D eigenvalue weighted by Crippen LogP contribution is 2.22. The predicted molar refractivity (Wildman–Crippen MR) is 67.3 cm³/mol. The van der Waals surface area contributed by atoms with E-state index in [1.807, 2.05) is 36.2 Å². The van der Waals surface area contributed by atoms with Gasteiger partial charge >= 0.3 is 0 Å². The van der Waals surface area contributed by atoms with Crippen LogP contribution in [0.3, 0.4) is 0 Å². The molecule has 0 spiro atoms. The molecule has 0 heterocycles. The summed E-state index contributed by atoms with van der Waals surface area (Å²) in [5.74, 6) is 0. The number of likely N-dealkylation sites (N-methyl/N-ethyl adjacent to an activating group) is 1. The molecule has 1 aromatic carbocycles. The Bertz CT molecular complexity index is 291. The van der Waals surface area contributed by atoms with Gasteiger partial charge in [-0.2, -0.15) is 0 Å². The number of benzene rings is 1. The summed E-state index contributed by atoms with van der Waals surface area (Å²) in [6, 6.07) is 7.98. The molecule has 0 fully saturated rings. The molecule has 2 nitrogen and oxygen atoms in total. The Hall–Kier alpha value is -0.0900. The first kappa shape index (κ1) is 13.0. The lowest BCUT2D eigenvalue weighted by Crippen LogP contribution is -2.25. The minimum Gasteiger partial charge on any atom is -0.395 e. The van der Waals surface area contributed by atoms with E-state index in [1.165, 1.54) is 0 Å². The summed E-state index contributed by atoms with van der Waals surface area (Å²) in [7, 11) is 1.95. The van der Waals surface area contributed by atoms with Crippen molar-refractivity contribution < 1.29 is 5.11 Å². The monoisotopic (exact) mass is 291 g/mol. The average molecular weight is 293 g/mol. The Morgan fingerprint density at radius 2 is 2.00 bits per heavy atom. The average Bonchev–Trinajstić information content (AvgIpc) is 2.18. The van der Waals surface area contributed by atoms with E-state index in [1.54, 1.807) is 0 Å². The lowest BCUT2D eigenvalue weighted by atomic mass is 10.1. The highest BCUT2D eigenvalue weighted by atomic mass is 79.9. The fourth-order valence-corrected chi connectivity index (χ4v) is 1.96. The van der Waals surface area contributed by atoms with E-state index in [0.29, 0.717) is 6.54 Å². The molecule has 4 heteroatoms. The molecule has 0 aliphatic carbocycles. The zero-order valence-corrected chi connectivity index (χ0v) is 11.0. The molecule has 1 N–H and O–H groups in total. The molecule has 0 bridgehead atoms. The summed E-state index contributed by atoms with van der Waals surface area (Å²) >= 11 is 9.63. The van der Waals surface area contributed by atoms with E-state index < -0.39 is 0 Å². The van der Waals surface area contributed by atoms with E-state index in [2.05, 4.69) is 15.9 Å². The van der Waals surface area contributed by atoms with Gasteiger partial charge in [-0.05, 0) is 24.7 Å². The van der Waals surface area contributed by atoms with Gasteiger partial charge in [-0.3, -0.25) is 0 Å². The topological polar surface area (TPSA) is 23.5 Å². The van der Waals surface area contributed by atoms with Gasteiger partial charge in [0.15, 0.2) is 0 Å². The molecule has 1 aromatic rings. The second kappa shape index (κ2) is 6.48. The van der Waals surface area contributed by atoms with E-state index in [9.17, 15) is 0 Å². The van der Waals surface area contributed by atoms with Crippen molar-refractivity contribution in [2.24, 2.45) is 0 Å². The highest BCUT2D eigenvalue weighted by molar-refractivity contribution is 9.10. The third-order valence-electron chi connectivity index (χ3n) is 2.19. The van der Waals surface area contributed by atoms with Crippen molar-refractivity contribution in [3.63, 3.8) is 0 Å². The summed E-state index contributed by atoms with van der Waals surface area (Å²) in [6.07, 6.45) is 0. The fraction of sp³-hybridized carbons (Fsp3) is 0.455. The zero-order chi connectivity index (χ0) is 11.3. The predicted octanol–water partition coefficient (Wildman–Crippen LogP) is 2.65. The van der Waals surface area contributed by atoms with Crippen LogP contribution in [0.25, 0.3) is 0 Å². The number of nitrogens with zero attached hydrogens (tertiary/aromatic N) is 1. The van der Waals surface area contributed by atoms with Crippen LogP contribution in [-0.4, -0.2) is 36.8 Å². The first-order chi connectivity index (χ1) is 7.13. The number of halogens is 2. The van der Waals surface area contributed by atoms with Crippen LogP contribution in [0.1, 0.15) is 10.9 Å². The molecule has 0 saturated heterocycles. The van der Waals surface area contributed by atoms with Crippen LogP contribution in [0, 0.1) is 0 Å². The Balaban J connectivity index is 2.53. The molecule has 84 valence electrons. The van der Waals surface area contributed by atoms with Crippen LogP contribution in [0.2, 0.25) is 0 Å². The number of hydrogen-bond donors (Lipinski definition) is 1. The first-order valence-corrected chi connectivity index (χ1v) is 6.05. The van der Waals surface area contributed by atoms with Crippen molar-refractivity contribution in [3.05, 3.63) is 34.3 Å². The van der Waals surface area contributed by atoms with Crippen LogP contribution in [0.5, 0.6) is 0 Å². The van der Waals surface area contributed by atoms with Crippen molar-refractivity contribution in [1.82, 2.24) is 4.90 Å². The van der Waals surface area contributed by atoms with Gasteiger partial charge in [0.05, 0.1) is 12.0 Å². The van der Waals surface area contributed by atoms with Gasteiger partial charge in [-0.25, -0.2) is 0 Å². The molecule has 0 amide bonds. The Morgan fingerprint density at radius 3 is 2.53 bits per heavy atom. The summed E-state index contributed by atoms with van der Waals surface area (Å²) in [4.78, 5) is 2.01. The lowest BCUT2D eigenvalue weighted by molar-refractivity contribution is 0.221. The molecular formula is C11H15BrClNO. The lowest BCUT2D eigenvalue weighted by Gasteiger charge is -2.19. The second-order valence-electron chi connectivity index (χ2n) is 3.50. The van der Waals surface area contributed by atoms with E-state index in [-0.39, 0.29) is 12.0 Å². The molecule has 0 saturated carbocycles. The first-order valence-electron chi connectivity index (χ1n) is 4.82. The molecule has 0 aliphatic heterocycles. The minimum absolute atomic E-state index is 0.0327. The Labute approximate surface area is 104 Å². The van der Waals surface area contributed by atoms with Crippen LogP contribution < -0.4 is 0 Å². The van der Waals surface area contributed by atoms with Gasteiger partial charge in [0.25, 0.3) is 0 Å². The van der Waals surface area contributed by atoms with Gasteiger partial charge in [-0.15, -0.1) is 11.6 Å². The largest absolute Gasteiger partial charge is 0.395 e. The van der Waals surface area contributed by atoms with Gasteiger partial charge in [0, 0.05) is 17.6 Å². The summed E-state index contributed by atoms with van der Waals surface area (Å²) < 4.78 is 1.05. The Morgan fingerprint density at radius 1 is 1.40 bits per heavy atom. The van der Waals surface area contributed by atoms with Crippen molar-refractivity contribution in [3.8, 4) is 0 Å². The normalized spacial score (nSPS) is 13.1. The molecule has 0 aliphatic rings. The molecule has 15 heavy (non-hydrogen) atoms. The zero-order valence-electron chi connectivity index (χ0n) is 8.66. The highest BCUT2D eigenvalue weighted by Gasteiger charge is 2.10.